The van der Waals surface area contributed by atoms with Crippen LogP contribution in [0.1, 0.15) is 5.56 Å². The maximum Gasteiger partial charge on any atom is 0.0703 e. The summed E-state index contributed by atoms with van der Waals surface area (Å²) in [5.74, 6) is -0.0184. The van der Waals surface area contributed by atoms with Gasteiger partial charge in [-0.25, -0.2) is 0 Å². The number of hydrogen-bond donors (Lipinski definition) is 0. The lowest BCUT2D eigenvalue weighted by molar-refractivity contribution is 0.536. The second-order valence-corrected chi connectivity index (χ2v) is 4.46. The van der Waals surface area contributed by atoms with Gasteiger partial charge in [-0.2, -0.15) is 0 Å². The minimum atomic E-state index is -2.09. The van der Waals surface area contributed by atoms with E-state index in [0.29, 0.717) is 10.6 Å². The molecule has 0 saturated carbocycles. The predicted molar refractivity (Wildman–Crippen MR) is 59.4 cm³/mol. The number of hydrogen-bond acceptors (Lipinski definition) is 3. The van der Waals surface area contributed by atoms with E-state index in [2.05, 4.69) is 4.98 Å². The molecule has 0 fully saturated rings. The molecule has 2 rings (SSSR count). The van der Waals surface area contributed by atoms with Crippen molar-refractivity contribution in [2.45, 2.75) is 5.75 Å². The fourth-order valence-electron chi connectivity index (χ4n) is 1.36. The average Bonchev–Trinajstić information content (AvgIpc) is 2.16. The van der Waals surface area contributed by atoms with Crippen LogP contribution in [0.3, 0.4) is 0 Å². The summed E-state index contributed by atoms with van der Waals surface area (Å²) in [6.07, 6.45) is 1.56. The van der Waals surface area contributed by atoms with Crippen molar-refractivity contribution in [3.63, 3.8) is 0 Å². The molecule has 15 heavy (non-hydrogen) atoms. The number of fused-ring (bicyclic) bond motifs is 1. The standard InChI is InChI=1S/C10H8ClNO2S/c11-9-1-2-10-8(4-9)3-7(5-12-10)6-15(13)14/h1-5H,6H2,(H,13,14)/p-1. The number of aromatic nitrogens is 1. The number of nitrogens with zero attached hydrogens (tertiary/aromatic N) is 1. The monoisotopic (exact) mass is 240 g/mol. The fourth-order valence-corrected chi connectivity index (χ4v) is 1.97. The second-order valence-electron chi connectivity index (χ2n) is 3.13. The molecule has 0 amide bonds. The van der Waals surface area contributed by atoms with Gasteiger partial charge in [0.25, 0.3) is 0 Å². The highest BCUT2D eigenvalue weighted by molar-refractivity contribution is 7.78. The molecule has 0 aliphatic heterocycles. The molecule has 0 saturated heterocycles. The highest BCUT2D eigenvalue weighted by Crippen LogP contribution is 2.18. The average molecular weight is 241 g/mol. The molecule has 0 bridgehead atoms. The molecular weight excluding hydrogens is 234 g/mol. The molecule has 5 heteroatoms. The summed E-state index contributed by atoms with van der Waals surface area (Å²) in [7, 11) is 0. The zero-order chi connectivity index (χ0) is 10.8. The van der Waals surface area contributed by atoms with Gasteiger partial charge in [0.05, 0.1) is 5.52 Å². The zero-order valence-corrected chi connectivity index (χ0v) is 9.22. The molecule has 1 aromatic heterocycles. The van der Waals surface area contributed by atoms with Crippen molar-refractivity contribution in [3.8, 4) is 0 Å². The van der Waals surface area contributed by atoms with E-state index in [1.807, 2.05) is 0 Å². The molecule has 0 aliphatic rings. The summed E-state index contributed by atoms with van der Waals surface area (Å²) in [4.78, 5) is 4.14. The third-order valence-electron chi connectivity index (χ3n) is 1.98. The van der Waals surface area contributed by atoms with E-state index < -0.39 is 11.1 Å². The van der Waals surface area contributed by atoms with Crippen LogP contribution in [0.15, 0.2) is 30.5 Å². The number of halogens is 1. The van der Waals surface area contributed by atoms with Gasteiger partial charge in [0.1, 0.15) is 0 Å². The van der Waals surface area contributed by atoms with Gasteiger partial charge in [0, 0.05) is 22.4 Å². The Morgan fingerprint density at radius 3 is 2.93 bits per heavy atom. The third kappa shape index (κ3) is 2.53. The minimum absolute atomic E-state index is 0.0184. The van der Waals surface area contributed by atoms with E-state index in [1.165, 1.54) is 0 Å². The van der Waals surface area contributed by atoms with Gasteiger partial charge in [0.2, 0.25) is 0 Å². The molecule has 1 aromatic carbocycles. The number of rotatable bonds is 2. The molecule has 1 unspecified atom stereocenters. The molecule has 78 valence electrons. The summed E-state index contributed by atoms with van der Waals surface area (Å²) in [5, 5.41) is 1.47. The van der Waals surface area contributed by atoms with E-state index in [9.17, 15) is 8.76 Å². The molecule has 1 heterocycles. The van der Waals surface area contributed by atoms with Crippen molar-refractivity contribution in [1.29, 1.82) is 0 Å². The van der Waals surface area contributed by atoms with E-state index in [0.717, 1.165) is 10.9 Å². The SMILES string of the molecule is O=S([O-])Cc1cnc2ccc(Cl)cc2c1. The van der Waals surface area contributed by atoms with Gasteiger partial charge >= 0.3 is 0 Å². The lowest BCUT2D eigenvalue weighted by Gasteiger charge is -2.05. The highest BCUT2D eigenvalue weighted by Gasteiger charge is 1.99. The van der Waals surface area contributed by atoms with Crippen LogP contribution in [-0.4, -0.2) is 13.7 Å². The Balaban J connectivity index is 2.49. The first-order valence-electron chi connectivity index (χ1n) is 4.25. The Kier molecular flexibility index (Phi) is 3.00. The van der Waals surface area contributed by atoms with E-state index in [-0.39, 0.29) is 5.75 Å². The summed E-state index contributed by atoms with van der Waals surface area (Å²) >= 11 is 3.74. The van der Waals surface area contributed by atoms with Crippen LogP contribution in [0.2, 0.25) is 5.02 Å². The molecule has 3 nitrogen and oxygen atoms in total. The summed E-state index contributed by atoms with van der Waals surface area (Å²) in [5.41, 5.74) is 1.47. The van der Waals surface area contributed by atoms with Gasteiger partial charge in [-0.05, 0) is 29.8 Å². The zero-order valence-electron chi connectivity index (χ0n) is 7.64. The highest BCUT2D eigenvalue weighted by atomic mass is 35.5. The Morgan fingerprint density at radius 1 is 1.40 bits per heavy atom. The summed E-state index contributed by atoms with van der Waals surface area (Å²) < 4.78 is 21.0. The summed E-state index contributed by atoms with van der Waals surface area (Å²) in [6.45, 7) is 0. The molecule has 0 radical (unpaired) electrons. The van der Waals surface area contributed by atoms with Crippen molar-refractivity contribution >= 4 is 33.6 Å². The summed E-state index contributed by atoms with van der Waals surface area (Å²) in [6, 6.07) is 7.10. The normalized spacial score (nSPS) is 12.9. The Morgan fingerprint density at radius 2 is 2.20 bits per heavy atom. The molecule has 0 spiro atoms. The Labute approximate surface area is 94.4 Å². The van der Waals surface area contributed by atoms with E-state index in [4.69, 9.17) is 11.6 Å². The van der Waals surface area contributed by atoms with Crippen LogP contribution in [0.25, 0.3) is 10.9 Å². The van der Waals surface area contributed by atoms with Crippen LogP contribution >= 0.6 is 11.6 Å². The van der Waals surface area contributed by atoms with Gasteiger partial charge in [-0.15, -0.1) is 0 Å². The largest absolute Gasteiger partial charge is 0.772 e. The Bertz CT molecular complexity index is 530. The van der Waals surface area contributed by atoms with Crippen molar-refractivity contribution in [2.24, 2.45) is 0 Å². The maximum atomic E-state index is 10.5. The first kappa shape index (κ1) is 10.5. The lowest BCUT2D eigenvalue weighted by atomic mass is 10.2. The van der Waals surface area contributed by atoms with Gasteiger partial charge in [-0.1, -0.05) is 22.7 Å². The second kappa shape index (κ2) is 4.26. The van der Waals surface area contributed by atoms with Crippen LogP contribution in [0, 0.1) is 0 Å². The van der Waals surface area contributed by atoms with Crippen LogP contribution in [-0.2, 0) is 16.8 Å². The van der Waals surface area contributed by atoms with Crippen molar-refractivity contribution < 1.29 is 8.76 Å². The van der Waals surface area contributed by atoms with Gasteiger partial charge < -0.3 is 4.55 Å². The lowest BCUT2D eigenvalue weighted by Crippen LogP contribution is -1.94. The Hall–Kier alpha value is -0.970. The minimum Gasteiger partial charge on any atom is -0.772 e. The molecular formula is C10H7ClNO2S-. The molecule has 0 N–H and O–H groups in total. The first-order valence-corrected chi connectivity index (χ1v) is 5.87. The number of pyridine rings is 1. The first-order chi connectivity index (χ1) is 7.15. The quantitative estimate of drug-likeness (QED) is 0.757. The van der Waals surface area contributed by atoms with Crippen LogP contribution in [0.5, 0.6) is 0 Å². The van der Waals surface area contributed by atoms with Crippen molar-refractivity contribution in [2.75, 3.05) is 0 Å². The van der Waals surface area contributed by atoms with Crippen molar-refractivity contribution in [3.05, 3.63) is 41.0 Å². The fraction of sp³-hybridized carbons (Fsp3) is 0.100. The third-order valence-corrected chi connectivity index (χ3v) is 2.79. The maximum absolute atomic E-state index is 10.5. The topological polar surface area (TPSA) is 53.0 Å². The van der Waals surface area contributed by atoms with E-state index in [1.54, 1.807) is 30.5 Å². The predicted octanol–water partition coefficient (Wildman–Crippen LogP) is 2.27. The van der Waals surface area contributed by atoms with Crippen molar-refractivity contribution in [1.82, 2.24) is 4.98 Å². The van der Waals surface area contributed by atoms with Gasteiger partial charge in [-0.3, -0.25) is 9.19 Å². The van der Waals surface area contributed by atoms with Crippen LogP contribution < -0.4 is 0 Å². The van der Waals surface area contributed by atoms with Gasteiger partial charge in [0.15, 0.2) is 0 Å². The molecule has 1 atom stereocenters. The van der Waals surface area contributed by atoms with E-state index >= 15 is 0 Å². The molecule has 2 aromatic rings. The molecule has 0 aliphatic carbocycles. The van der Waals surface area contributed by atoms with Crippen LogP contribution in [0.4, 0.5) is 0 Å². The smallest absolute Gasteiger partial charge is 0.0703 e. The number of benzene rings is 1.